The molecule has 0 spiro atoms. The Kier molecular flexibility index (Phi) is 3.97. The van der Waals surface area contributed by atoms with Crippen molar-refractivity contribution in [3.63, 3.8) is 0 Å². The van der Waals surface area contributed by atoms with Gasteiger partial charge >= 0.3 is 0 Å². The molecular formula is C17H19NO2. The number of rotatable bonds is 4. The van der Waals surface area contributed by atoms with Crippen LogP contribution in [0.5, 0.6) is 5.75 Å². The molecule has 20 heavy (non-hydrogen) atoms. The van der Waals surface area contributed by atoms with E-state index in [2.05, 4.69) is 29.2 Å². The summed E-state index contributed by atoms with van der Waals surface area (Å²) in [6, 6.07) is 14.5. The van der Waals surface area contributed by atoms with E-state index in [9.17, 15) is 4.79 Å². The number of benzene rings is 2. The van der Waals surface area contributed by atoms with E-state index in [-0.39, 0.29) is 0 Å². The predicted molar refractivity (Wildman–Crippen MR) is 80.1 cm³/mol. The van der Waals surface area contributed by atoms with Gasteiger partial charge in [0.25, 0.3) is 0 Å². The van der Waals surface area contributed by atoms with Crippen molar-refractivity contribution in [3.05, 3.63) is 42.5 Å². The topological polar surface area (TPSA) is 29.5 Å². The SMILES string of the molecule is O=C1CCN(CCOc2ccc3ccccc3c2)CC1. The van der Waals surface area contributed by atoms with Crippen LogP contribution in [-0.2, 0) is 4.79 Å². The molecule has 0 unspecified atom stereocenters. The highest BCUT2D eigenvalue weighted by atomic mass is 16.5. The molecule has 2 aromatic carbocycles. The van der Waals surface area contributed by atoms with E-state index in [1.165, 1.54) is 10.8 Å². The van der Waals surface area contributed by atoms with Crippen molar-refractivity contribution >= 4 is 16.6 Å². The van der Waals surface area contributed by atoms with Gasteiger partial charge in [-0.2, -0.15) is 0 Å². The van der Waals surface area contributed by atoms with Crippen LogP contribution in [0.1, 0.15) is 12.8 Å². The van der Waals surface area contributed by atoms with E-state index >= 15 is 0 Å². The number of hydrogen-bond acceptors (Lipinski definition) is 3. The maximum Gasteiger partial charge on any atom is 0.135 e. The molecule has 0 radical (unpaired) electrons. The number of ether oxygens (including phenoxy) is 1. The van der Waals surface area contributed by atoms with E-state index in [0.717, 1.165) is 25.4 Å². The maximum atomic E-state index is 11.2. The summed E-state index contributed by atoms with van der Waals surface area (Å²) in [6.07, 6.45) is 1.38. The third-order valence-corrected chi connectivity index (χ3v) is 3.81. The number of Topliss-reactive ketones (excluding diaryl/α,β-unsaturated/α-hetero) is 1. The van der Waals surface area contributed by atoms with E-state index in [4.69, 9.17) is 4.74 Å². The summed E-state index contributed by atoms with van der Waals surface area (Å²) in [5, 5.41) is 2.43. The fourth-order valence-corrected chi connectivity index (χ4v) is 2.58. The molecule has 3 heteroatoms. The van der Waals surface area contributed by atoms with E-state index in [1.54, 1.807) is 0 Å². The van der Waals surface area contributed by atoms with Crippen LogP contribution in [0, 0.1) is 0 Å². The lowest BCUT2D eigenvalue weighted by Crippen LogP contribution is -2.36. The summed E-state index contributed by atoms with van der Waals surface area (Å²) in [5.74, 6) is 1.30. The molecule has 1 aliphatic rings. The second-order valence-corrected chi connectivity index (χ2v) is 5.24. The molecule has 0 aliphatic carbocycles. The molecule has 0 saturated carbocycles. The standard InChI is InChI=1S/C17H19NO2/c19-16-7-9-18(10-8-16)11-12-20-17-6-5-14-3-1-2-4-15(14)13-17/h1-6,13H,7-12H2. The van der Waals surface area contributed by atoms with Crippen molar-refractivity contribution in [2.24, 2.45) is 0 Å². The molecule has 1 fully saturated rings. The number of likely N-dealkylation sites (tertiary alicyclic amines) is 1. The number of hydrogen-bond donors (Lipinski definition) is 0. The molecule has 0 atom stereocenters. The van der Waals surface area contributed by atoms with Gasteiger partial charge in [0.2, 0.25) is 0 Å². The van der Waals surface area contributed by atoms with Crippen LogP contribution >= 0.6 is 0 Å². The molecule has 3 rings (SSSR count). The van der Waals surface area contributed by atoms with Gasteiger partial charge in [0.1, 0.15) is 18.1 Å². The lowest BCUT2D eigenvalue weighted by molar-refractivity contribution is -0.121. The Bertz CT molecular complexity index is 599. The van der Waals surface area contributed by atoms with Crippen molar-refractivity contribution in [1.82, 2.24) is 4.90 Å². The van der Waals surface area contributed by atoms with Gasteiger partial charge < -0.3 is 4.74 Å². The molecule has 104 valence electrons. The molecule has 0 aromatic heterocycles. The third-order valence-electron chi connectivity index (χ3n) is 3.81. The smallest absolute Gasteiger partial charge is 0.135 e. The number of nitrogens with zero attached hydrogens (tertiary/aromatic N) is 1. The molecule has 2 aromatic rings. The molecular weight excluding hydrogens is 250 g/mol. The van der Waals surface area contributed by atoms with Crippen molar-refractivity contribution in [1.29, 1.82) is 0 Å². The predicted octanol–water partition coefficient (Wildman–Crippen LogP) is 2.88. The van der Waals surface area contributed by atoms with Crippen LogP contribution in [0.2, 0.25) is 0 Å². The Hall–Kier alpha value is -1.87. The van der Waals surface area contributed by atoms with Crippen LogP contribution in [0.15, 0.2) is 42.5 Å². The van der Waals surface area contributed by atoms with Gasteiger partial charge in [-0.15, -0.1) is 0 Å². The van der Waals surface area contributed by atoms with Crippen molar-refractivity contribution in [2.75, 3.05) is 26.2 Å². The number of fused-ring (bicyclic) bond motifs is 1. The van der Waals surface area contributed by atoms with Crippen LogP contribution in [0.25, 0.3) is 10.8 Å². The zero-order valence-electron chi connectivity index (χ0n) is 11.5. The van der Waals surface area contributed by atoms with Crippen molar-refractivity contribution < 1.29 is 9.53 Å². The van der Waals surface area contributed by atoms with Crippen molar-refractivity contribution in [3.8, 4) is 5.75 Å². The zero-order valence-corrected chi connectivity index (χ0v) is 11.5. The lowest BCUT2D eigenvalue weighted by atomic mass is 10.1. The Labute approximate surface area is 119 Å². The van der Waals surface area contributed by atoms with Gasteiger partial charge in [-0.05, 0) is 22.9 Å². The van der Waals surface area contributed by atoms with Crippen LogP contribution in [-0.4, -0.2) is 36.9 Å². The van der Waals surface area contributed by atoms with Gasteiger partial charge in [0.15, 0.2) is 0 Å². The Morgan fingerprint density at radius 3 is 2.55 bits per heavy atom. The van der Waals surface area contributed by atoms with Crippen molar-refractivity contribution in [2.45, 2.75) is 12.8 Å². The lowest BCUT2D eigenvalue weighted by Gasteiger charge is -2.25. The maximum absolute atomic E-state index is 11.2. The minimum atomic E-state index is 0.386. The molecule has 0 N–H and O–H groups in total. The van der Waals surface area contributed by atoms with Crippen LogP contribution in [0.4, 0.5) is 0 Å². The zero-order chi connectivity index (χ0) is 13.8. The first-order valence-corrected chi connectivity index (χ1v) is 7.17. The van der Waals surface area contributed by atoms with E-state index in [1.807, 2.05) is 18.2 Å². The first kappa shape index (κ1) is 13.1. The number of carbonyl (C=O) groups excluding carboxylic acids is 1. The summed E-state index contributed by atoms with van der Waals surface area (Å²) in [6.45, 7) is 3.31. The first-order valence-electron chi connectivity index (χ1n) is 7.17. The fraction of sp³-hybridized carbons (Fsp3) is 0.353. The average molecular weight is 269 g/mol. The Morgan fingerprint density at radius 1 is 1.00 bits per heavy atom. The number of piperidine rings is 1. The van der Waals surface area contributed by atoms with Gasteiger partial charge in [-0.1, -0.05) is 30.3 Å². The summed E-state index contributed by atoms with van der Waals surface area (Å²) >= 11 is 0. The molecule has 1 saturated heterocycles. The highest BCUT2D eigenvalue weighted by Gasteiger charge is 2.15. The minimum absolute atomic E-state index is 0.386. The summed E-state index contributed by atoms with van der Waals surface area (Å²) in [5.41, 5.74) is 0. The third kappa shape index (κ3) is 3.17. The highest BCUT2D eigenvalue weighted by Crippen LogP contribution is 2.20. The fourth-order valence-electron chi connectivity index (χ4n) is 2.58. The monoisotopic (exact) mass is 269 g/mol. The molecule has 3 nitrogen and oxygen atoms in total. The number of ketones is 1. The molecule has 0 amide bonds. The molecule has 1 heterocycles. The summed E-state index contributed by atoms with van der Waals surface area (Å²) < 4.78 is 5.82. The Balaban J connectivity index is 1.53. The highest BCUT2D eigenvalue weighted by molar-refractivity contribution is 5.83. The molecule has 1 aliphatic heterocycles. The normalized spacial score (nSPS) is 16.5. The van der Waals surface area contributed by atoms with Gasteiger partial charge in [0.05, 0.1) is 0 Å². The van der Waals surface area contributed by atoms with Crippen LogP contribution in [0.3, 0.4) is 0 Å². The minimum Gasteiger partial charge on any atom is -0.492 e. The van der Waals surface area contributed by atoms with Gasteiger partial charge in [-0.3, -0.25) is 9.69 Å². The quantitative estimate of drug-likeness (QED) is 0.854. The summed E-state index contributed by atoms with van der Waals surface area (Å²) in [4.78, 5) is 13.5. The molecule has 0 bridgehead atoms. The van der Waals surface area contributed by atoms with Gasteiger partial charge in [0, 0.05) is 32.5 Å². The second-order valence-electron chi connectivity index (χ2n) is 5.24. The summed E-state index contributed by atoms with van der Waals surface area (Å²) in [7, 11) is 0. The Morgan fingerprint density at radius 2 is 1.75 bits per heavy atom. The number of carbonyl (C=O) groups is 1. The second kappa shape index (κ2) is 6.06. The van der Waals surface area contributed by atoms with E-state index < -0.39 is 0 Å². The van der Waals surface area contributed by atoms with Gasteiger partial charge in [-0.25, -0.2) is 0 Å². The average Bonchev–Trinajstić information content (AvgIpc) is 2.49. The van der Waals surface area contributed by atoms with E-state index in [0.29, 0.717) is 25.2 Å². The van der Waals surface area contributed by atoms with Crippen LogP contribution < -0.4 is 4.74 Å². The largest absolute Gasteiger partial charge is 0.492 e. The first-order chi connectivity index (χ1) is 9.81.